The molecule has 4 heterocycles. The minimum Gasteiger partial charge on any atom is -0.475 e. The lowest BCUT2D eigenvalue weighted by molar-refractivity contribution is -0.192. The largest absolute Gasteiger partial charge is 0.490 e. The number of hydrogen-bond donors (Lipinski definition) is 2. The van der Waals surface area contributed by atoms with E-state index in [9.17, 15) is 27.2 Å². The third-order valence-corrected chi connectivity index (χ3v) is 7.34. The first kappa shape index (κ1) is 29.3. The molecule has 0 amide bonds. The summed E-state index contributed by atoms with van der Waals surface area (Å²) in [5.41, 5.74) is 0.819. The van der Waals surface area contributed by atoms with E-state index >= 15 is 0 Å². The predicted molar refractivity (Wildman–Crippen MR) is 140 cm³/mol. The third kappa shape index (κ3) is 5.91. The number of fused-ring (bicyclic) bond motifs is 2. The van der Waals surface area contributed by atoms with Crippen molar-refractivity contribution in [2.75, 3.05) is 24.5 Å². The molecule has 0 radical (unpaired) electrons. The van der Waals surface area contributed by atoms with Gasteiger partial charge in [-0.05, 0) is 42.4 Å². The number of carboxylic acid groups (broad SMARTS) is 1. The number of nitrogens with zero attached hydrogens (tertiary/aromatic N) is 5. The Labute approximate surface area is 226 Å². The maximum atomic E-state index is 13.7. The van der Waals surface area contributed by atoms with Gasteiger partial charge >= 0.3 is 17.8 Å². The normalized spacial score (nSPS) is 18.8. The van der Waals surface area contributed by atoms with Gasteiger partial charge in [0.2, 0.25) is 5.95 Å². The van der Waals surface area contributed by atoms with Crippen molar-refractivity contribution in [1.82, 2.24) is 24.0 Å². The van der Waals surface area contributed by atoms with Gasteiger partial charge in [-0.1, -0.05) is 26.0 Å². The monoisotopic (exact) mass is 568 g/mol. The van der Waals surface area contributed by atoms with Crippen LogP contribution in [-0.4, -0.2) is 61.6 Å². The van der Waals surface area contributed by atoms with Crippen molar-refractivity contribution in [1.29, 1.82) is 0 Å². The Morgan fingerprint density at radius 2 is 1.80 bits per heavy atom. The number of imidazole rings is 1. The third-order valence-electron chi connectivity index (χ3n) is 7.34. The molecule has 40 heavy (non-hydrogen) atoms. The molecule has 2 aliphatic rings. The van der Waals surface area contributed by atoms with Gasteiger partial charge in [-0.2, -0.15) is 18.2 Å². The second-order valence-electron chi connectivity index (χ2n) is 10.5. The van der Waals surface area contributed by atoms with Crippen LogP contribution in [0.25, 0.3) is 11.2 Å². The number of aliphatic carboxylic acids is 1. The standard InChI is InChI=1S/C24H31FN6O2.C2HF3O2/c1-15(2)8-10-30-20-21(27-23(30)29-11-9-17-12-26-13-19(17)29)28(3)24(33)31(22(20)32)14-16-4-6-18(25)7-5-16;3-2(4,5)1(6)7/h4-7,15,17,19,26H,8-14H2,1-3H3;(H,6,7). The molecule has 2 saturated heterocycles. The number of nitrogens with one attached hydrogen (secondary N) is 1. The van der Waals surface area contributed by atoms with E-state index in [1.807, 2.05) is 4.57 Å². The number of aromatic nitrogens is 4. The highest BCUT2D eigenvalue weighted by Crippen LogP contribution is 2.33. The van der Waals surface area contributed by atoms with Gasteiger partial charge in [-0.3, -0.25) is 13.9 Å². The Morgan fingerprint density at radius 3 is 2.40 bits per heavy atom. The second kappa shape index (κ2) is 11.4. The summed E-state index contributed by atoms with van der Waals surface area (Å²) in [5, 5.41) is 10.6. The molecule has 2 N–H and O–H groups in total. The average Bonchev–Trinajstić information content (AvgIpc) is 3.59. The lowest BCUT2D eigenvalue weighted by atomic mass is 10.1. The predicted octanol–water partition coefficient (Wildman–Crippen LogP) is 2.56. The van der Waals surface area contributed by atoms with Crippen molar-refractivity contribution < 1.29 is 27.5 Å². The van der Waals surface area contributed by atoms with Crippen LogP contribution < -0.4 is 21.5 Å². The highest BCUT2D eigenvalue weighted by molar-refractivity contribution is 5.75. The lowest BCUT2D eigenvalue weighted by Crippen LogP contribution is -2.40. The molecule has 5 rings (SSSR count). The first-order chi connectivity index (χ1) is 18.8. The molecule has 2 aromatic heterocycles. The van der Waals surface area contributed by atoms with E-state index in [1.165, 1.54) is 21.3 Å². The fourth-order valence-corrected chi connectivity index (χ4v) is 5.19. The number of aryl methyl sites for hydroxylation is 2. The van der Waals surface area contributed by atoms with E-state index in [1.54, 1.807) is 19.2 Å². The van der Waals surface area contributed by atoms with Crippen LogP contribution in [0.1, 0.15) is 32.3 Å². The summed E-state index contributed by atoms with van der Waals surface area (Å²) >= 11 is 0. The second-order valence-corrected chi connectivity index (χ2v) is 10.5. The van der Waals surface area contributed by atoms with Crippen LogP contribution in [0, 0.1) is 17.7 Å². The summed E-state index contributed by atoms with van der Waals surface area (Å²) in [6.45, 7) is 7.89. The molecule has 2 atom stereocenters. The molecule has 10 nitrogen and oxygen atoms in total. The summed E-state index contributed by atoms with van der Waals surface area (Å²) in [6.07, 6.45) is -3.09. The summed E-state index contributed by atoms with van der Waals surface area (Å²) in [7, 11) is 1.67. The fourth-order valence-electron chi connectivity index (χ4n) is 5.19. The number of alkyl halides is 3. The van der Waals surface area contributed by atoms with Gasteiger partial charge in [0.05, 0.1) is 6.54 Å². The number of anilines is 1. The topological polar surface area (TPSA) is 114 Å². The van der Waals surface area contributed by atoms with Crippen molar-refractivity contribution in [3.8, 4) is 0 Å². The van der Waals surface area contributed by atoms with E-state index in [0.717, 1.165) is 38.4 Å². The number of rotatable bonds is 6. The Balaban J connectivity index is 0.000000470. The van der Waals surface area contributed by atoms with Gasteiger partial charge in [0, 0.05) is 39.3 Å². The van der Waals surface area contributed by atoms with Crippen molar-refractivity contribution in [3.05, 3.63) is 56.5 Å². The molecular weight excluding hydrogens is 536 g/mol. The smallest absolute Gasteiger partial charge is 0.475 e. The molecule has 218 valence electrons. The first-order valence-corrected chi connectivity index (χ1v) is 13.0. The highest BCUT2D eigenvalue weighted by Gasteiger charge is 2.40. The molecule has 1 aromatic carbocycles. The summed E-state index contributed by atoms with van der Waals surface area (Å²) in [4.78, 5) is 42.9. The molecule has 2 unspecified atom stereocenters. The zero-order chi connectivity index (χ0) is 29.4. The van der Waals surface area contributed by atoms with Gasteiger partial charge in [-0.15, -0.1) is 0 Å². The zero-order valence-electron chi connectivity index (χ0n) is 22.4. The SMILES string of the molecule is CC(C)CCn1c(N2CCC3CNCC32)nc2c1c(=O)n(Cc1ccc(F)cc1)c(=O)n2C.O=C(O)C(F)(F)F. The molecule has 0 aliphatic carbocycles. The average molecular weight is 569 g/mol. The van der Waals surface area contributed by atoms with E-state index in [4.69, 9.17) is 14.9 Å². The number of carbonyl (C=O) groups is 1. The molecular formula is C26H32F4N6O4. The Kier molecular flexibility index (Phi) is 8.38. The van der Waals surface area contributed by atoms with Gasteiger partial charge in [0.25, 0.3) is 5.56 Å². The maximum absolute atomic E-state index is 13.7. The molecule has 14 heteroatoms. The summed E-state index contributed by atoms with van der Waals surface area (Å²) in [5.74, 6) is -1.27. The molecule has 3 aromatic rings. The molecule has 0 bridgehead atoms. The Hall–Kier alpha value is -3.68. The first-order valence-electron chi connectivity index (χ1n) is 13.0. The van der Waals surface area contributed by atoms with E-state index in [-0.39, 0.29) is 17.9 Å². The van der Waals surface area contributed by atoms with E-state index in [0.29, 0.717) is 41.1 Å². The quantitative estimate of drug-likeness (QED) is 0.440. The van der Waals surface area contributed by atoms with Crippen LogP contribution in [0.15, 0.2) is 33.9 Å². The molecule has 0 spiro atoms. The minimum absolute atomic E-state index is 0.0880. The van der Waals surface area contributed by atoms with Crippen LogP contribution in [-0.2, 0) is 24.9 Å². The Morgan fingerprint density at radius 1 is 1.15 bits per heavy atom. The molecule has 2 aliphatic heterocycles. The van der Waals surface area contributed by atoms with Gasteiger partial charge in [-0.25, -0.2) is 14.0 Å². The van der Waals surface area contributed by atoms with Crippen molar-refractivity contribution in [3.63, 3.8) is 0 Å². The van der Waals surface area contributed by atoms with Crippen molar-refractivity contribution >= 4 is 23.1 Å². The van der Waals surface area contributed by atoms with E-state index in [2.05, 4.69) is 24.1 Å². The van der Waals surface area contributed by atoms with E-state index < -0.39 is 17.8 Å². The summed E-state index contributed by atoms with van der Waals surface area (Å²) < 4.78 is 49.8. The molecule has 2 fully saturated rings. The minimum atomic E-state index is -5.08. The molecule has 0 saturated carbocycles. The van der Waals surface area contributed by atoms with Gasteiger partial charge in [0.15, 0.2) is 11.2 Å². The number of hydrogen-bond acceptors (Lipinski definition) is 6. The van der Waals surface area contributed by atoms with Crippen LogP contribution in [0.5, 0.6) is 0 Å². The van der Waals surface area contributed by atoms with Crippen LogP contribution in [0.3, 0.4) is 0 Å². The van der Waals surface area contributed by atoms with Crippen LogP contribution in [0.2, 0.25) is 0 Å². The fraction of sp³-hybridized carbons (Fsp3) is 0.538. The zero-order valence-corrected chi connectivity index (χ0v) is 22.4. The summed E-state index contributed by atoms with van der Waals surface area (Å²) in [6, 6.07) is 6.24. The highest BCUT2D eigenvalue weighted by atomic mass is 19.4. The van der Waals surface area contributed by atoms with Gasteiger partial charge in [0.1, 0.15) is 5.82 Å². The Bertz CT molecular complexity index is 1490. The van der Waals surface area contributed by atoms with Crippen molar-refractivity contribution in [2.45, 2.75) is 52.0 Å². The maximum Gasteiger partial charge on any atom is 0.490 e. The van der Waals surface area contributed by atoms with Crippen LogP contribution >= 0.6 is 0 Å². The number of carboxylic acids is 1. The lowest BCUT2D eigenvalue weighted by Gasteiger charge is -2.25. The number of halogens is 4. The van der Waals surface area contributed by atoms with Gasteiger partial charge < -0.3 is 19.9 Å². The van der Waals surface area contributed by atoms with Crippen LogP contribution in [0.4, 0.5) is 23.5 Å². The number of benzene rings is 1. The van der Waals surface area contributed by atoms with Crippen molar-refractivity contribution in [2.24, 2.45) is 18.9 Å².